The molecule has 2 nitrogen and oxygen atoms in total. The summed E-state index contributed by atoms with van der Waals surface area (Å²) >= 11 is 0. The summed E-state index contributed by atoms with van der Waals surface area (Å²) in [5, 5.41) is 3.53. The molecule has 0 saturated heterocycles. The molecule has 154 valence electrons. The molecule has 1 saturated carbocycles. The van der Waals surface area contributed by atoms with E-state index in [2.05, 4.69) is 56.0 Å². The highest BCUT2D eigenvalue weighted by Crippen LogP contribution is 2.47. The number of alkyl halides is 3. The van der Waals surface area contributed by atoms with E-state index in [4.69, 9.17) is 0 Å². The maximum Gasteiger partial charge on any atom is 0.573 e. The summed E-state index contributed by atoms with van der Waals surface area (Å²) in [6.07, 6.45) is 5.43. The summed E-state index contributed by atoms with van der Waals surface area (Å²) in [6, 6.07) is 6.13. The molecular weight excluding hydrogens is 363 g/mol. The lowest BCUT2D eigenvalue weighted by Gasteiger charge is -2.45. The van der Waals surface area contributed by atoms with Crippen molar-refractivity contribution in [2.75, 3.05) is 5.32 Å². The van der Waals surface area contributed by atoms with Gasteiger partial charge in [-0.1, -0.05) is 44.6 Å². The standard InChI is InChI=1S/C23H30F3NO/c1-15-12-17(14-22(3,4)13-15)21-16(2)6-5-7-20(21)27-18-8-10-19(11-9-18)28-23(24,25)26/h5-11,15,17,20-21,27H,12-14H2,1-4H3/t15-,17-,20?,21?/m0/s1. The maximum absolute atomic E-state index is 12.4. The van der Waals surface area contributed by atoms with Crippen molar-refractivity contribution < 1.29 is 17.9 Å². The first-order chi connectivity index (χ1) is 13.0. The number of rotatable bonds is 4. The van der Waals surface area contributed by atoms with Crippen LogP contribution in [0, 0.1) is 23.2 Å². The number of halogens is 3. The number of hydrogen-bond acceptors (Lipinski definition) is 2. The Kier molecular flexibility index (Phi) is 5.83. The number of nitrogens with one attached hydrogen (secondary N) is 1. The van der Waals surface area contributed by atoms with Crippen LogP contribution in [-0.4, -0.2) is 12.4 Å². The van der Waals surface area contributed by atoms with Gasteiger partial charge in [0.2, 0.25) is 0 Å². The average molecular weight is 393 g/mol. The van der Waals surface area contributed by atoms with Gasteiger partial charge in [0, 0.05) is 11.6 Å². The number of hydrogen-bond donors (Lipinski definition) is 1. The predicted octanol–water partition coefficient (Wildman–Crippen LogP) is 6.96. The van der Waals surface area contributed by atoms with Gasteiger partial charge in [0.05, 0.1) is 6.04 Å². The molecule has 1 fully saturated rings. The van der Waals surface area contributed by atoms with Gasteiger partial charge in [-0.15, -0.1) is 13.2 Å². The number of ether oxygens (including phenoxy) is 1. The zero-order valence-corrected chi connectivity index (χ0v) is 17.0. The Morgan fingerprint density at radius 1 is 1.11 bits per heavy atom. The van der Waals surface area contributed by atoms with Crippen molar-refractivity contribution in [3.05, 3.63) is 48.1 Å². The highest BCUT2D eigenvalue weighted by Gasteiger charge is 2.39. The van der Waals surface area contributed by atoms with E-state index in [0.717, 1.165) is 5.69 Å². The second-order valence-electron chi connectivity index (χ2n) is 9.24. The number of anilines is 1. The second kappa shape index (κ2) is 7.84. The molecule has 0 heterocycles. The van der Waals surface area contributed by atoms with Gasteiger partial charge in [-0.05, 0) is 67.7 Å². The van der Waals surface area contributed by atoms with Gasteiger partial charge in [0.1, 0.15) is 5.75 Å². The fourth-order valence-corrected chi connectivity index (χ4v) is 5.28. The fraction of sp³-hybridized carbons (Fsp3) is 0.565. The third kappa shape index (κ3) is 5.33. The van der Waals surface area contributed by atoms with Gasteiger partial charge in [0.25, 0.3) is 0 Å². The minimum absolute atomic E-state index is 0.130. The van der Waals surface area contributed by atoms with E-state index in [9.17, 15) is 13.2 Å². The Bertz CT molecular complexity index is 733. The molecule has 0 amide bonds. The van der Waals surface area contributed by atoms with Crippen molar-refractivity contribution in [2.24, 2.45) is 23.2 Å². The second-order valence-corrected chi connectivity index (χ2v) is 9.24. The minimum Gasteiger partial charge on any atom is -0.406 e. The first-order valence-electron chi connectivity index (χ1n) is 10.00. The van der Waals surface area contributed by atoms with E-state index in [1.165, 1.54) is 37.0 Å². The van der Waals surface area contributed by atoms with Crippen molar-refractivity contribution in [1.29, 1.82) is 0 Å². The lowest BCUT2D eigenvalue weighted by atomic mass is 9.62. The molecule has 0 radical (unpaired) electrons. The molecule has 2 aliphatic carbocycles. The molecule has 2 unspecified atom stereocenters. The smallest absolute Gasteiger partial charge is 0.406 e. The largest absolute Gasteiger partial charge is 0.573 e. The number of allylic oxidation sites excluding steroid dienone is 2. The van der Waals surface area contributed by atoms with Gasteiger partial charge in [-0.25, -0.2) is 0 Å². The first-order valence-corrected chi connectivity index (χ1v) is 10.00. The summed E-state index contributed by atoms with van der Waals surface area (Å²) < 4.78 is 41.0. The zero-order valence-electron chi connectivity index (χ0n) is 17.0. The number of benzene rings is 1. The minimum atomic E-state index is -4.67. The third-order valence-corrected chi connectivity index (χ3v) is 5.94. The molecule has 2 aliphatic rings. The lowest BCUT2D eigenvalue weighted by Crippen LogP contribution is -2.40. The molecule has 5 heteroatoms. The van der Waals surface area contributed by atoms with Crippen LogP contribution in [0.2, 0.25) is 0 Å². The molecule has 4 atom stereocenters. The van der Waals surface area contributed by atoms with E-state index in [1.54, 1.807) is 12.1 Å². The summed E-state index contributed by atoms with van der Waals surface area (Å²) in [4.78, 5) is 0. The molecular formula is C23H30F3NO. The molecule has 1 aromatic rings. The van der Waals surface area contributed by atoms with E-state index in [-0.39, 0.29) is 11.8 Å². The predicted molar refractivity (Wildman–Crippen MR) is 107 cm³/mol. The Labute approximate surface area is 165 Å². The summed E-state index contributed by atoms with van der Waals surface area (Å²) in [7, 11) is 0. The molecule has 0 bridgehead atoms. The van der Waals surface area contributed by atoms with Gasteiger partial charge in [-0.3, -0.25) is 0 Å². The monoisotopic (exact) mass is 393 g/mol. The van der Waals surface area contributed by atoms with E-state index < -0.39 is 6.36 Å². The van der Waals surface area contributed by atoms with Crippen LogP contribution < -0.4 is 10.1 Å². The van der Waals surface area contributed by atoms with Gasteiger partial charge < -0.3 is 10.1 Å². The van der Waals surface area contributed by atoms with Crippen LogP contribution in [0.15, 0.2) is 48.1 Å². The molecule has 0 spiro atoms. The van der Waals surface area contributed by atoms with Crippen LogP contribution in [0.3, 0.4) is 0 Å². The first kappa shape index (κ1) is 20.8. The van der Waals surface area contributed by atoms with Crippen molar-refractivity contribution in [1.82, 2.24) is 0 Å². The van der Waals surface area contributed by atoms with Crippen LogP contribution >= 0.6 is 0 Å². The van der Waals surface area contributed by atoms with Crippen molar-refractivity contribution in [2.45, 2.75) is 59.4 Å². The highest BCUT2D eigenvalue weighted by atomic mass is 19.4. The normalized spacial score (nSPS) is 29.9. The summed E-state index contributed by atoms with van der Waals surface area (Å²) in [6.45, 7) is 9.24. The molecule has 28 heavy (non-hydrogen) atoms. The molecule has 0 aromatic heterocycles. The van der Waals surface area contributed by atoms with Crippen molar-refractivity contribution in [3.8, 4) is 5.75 Å². The summed E-state index contributed by atoms with van der Waals surface area (Å²) in [5.74, 6) is 1.48. The van der Waals surface area contributed by atoms with Gasteiger partial charge in [-0.2, -0.15) is 0 Å². The van der Waals surface area contributed by atoms with E-state index in [1.807, 2.05) is 0 Å². The Balaban J connectivity index is 1.74. The van der Waals surface area contributed by atoms with Gasteiger partial charge >= 0.3 is 6.36 Å². The van der Waals surface area contributed by atoms with Crippen LogP contribution in [0.4, 0.5) is 18.9 Å². The summed E-state index contributed by atoms with van der Waals surface area (Å²) in [5.41, 5.74) is 2.50. The van der Waals surface area contributed by atoms with Crippen LogP contribution in [-0.2, 0) is 0 Å². The fourth-order valence-electron chi connectivity index (χ4n) is 5.28. The van der Waals surface area contributed by atoms with Crippen LogP contribution in [0.1, 0.15) is 47.0 Å². The van der Waals surface area contributed by atoms with Crippen molar-refractivity contribution in [3.63, 3.8) is 0 Å². The highest BCUT2D eigenvalue weighted by molar-refractivity contribution is 5.49. The van der Waals surface area contributed by atoms with E-state index in [0.29, 0.717) is 23.2 Å². The van der Waals surface area contributed by atoms with Crippen LogP contribution in [0.25, 0.3) is 0 Å². The third-order valence-electron chi connectivity index (χ3n) is 5.94. The quantitative estimate of drug-likeness (QED) is 0.597. The maximum atomic E-state index is 12.4. The SMILES string of the molecule is CC1=CC=CC(Nc2ccc(OC(F)(F)F)cc2)C1[C@H]1C[C@H](C)CC(C)(C)C1. The Morgan fingerprint density at radius 3 is 2.39 bits per heavy atom. The molecule has 3 rings (SSSR count). The molecule has 1 aromatic carbocycles. The van der Waals surface area contributed by atoms with E-state index >= 15 is 0 Å². The van der Waals surface area contributed by atoms with Crippen molar-refractivity contribution >= 4 is 5.69 Å². The molecule has 0 aliphatic heterocycles. The topological polar surface area (TPSA) is 21.3 Å². The Morgan fingerprint density at radius 2 is 1.79 bits per heavy atom. The van der Waals surface area contributed by atoms with Gasteiger partial charge in [0.15, 0.2) is 0 Å². The average Bonchev–Trinajstić information content (AvgIpc) is 2.53. The van der Waals surface area contributed by atoms with Crippen LogP contribution in [0.5, 0.6) is 5.75 Å². The lowest BCUT2D eigenvalue weighted by molar-refractivity contribution is -0.274. The Hall–Kier alpha value is -1.91. The molecule has 1 N–H and O–H groups in total. The zero-order chi connectivity index (χ0) is 20.5.